The molecular weight excluding hydrogens is 419 g/mol. The third-order valence-electron chi connectivity index (χ3n) is 6.02. The van der Waals surface area contributed by atoms with E-state index in [1.165, 1.54) is 12.1 Å². The van der Waals surface area contributed by atoms with Crippen LogP contribution in [0.2, 0.25) is 0 Å². The number of nitrogens with one attached hydrogen (secondary N) is 1. The Morgan fingerprint density at radius 2 is 1.91 bits per heavy atom. The number of halogens is 1. The number of amides is 3. The topological polar surface area (TPSA) is 57.6 Å². The van der Waals surface area contributed by atoms with E-state index >= 15 is 0 Å². The predicted octanol–water partition coefficient (Wildman–Crippen LogP) is 4.81. The largest absolute Gasteiger partial charge is 0.348 e. The minimum Gasteiger partial charge on any atom is -0.348 e. The highest BCUT2D eigenvalue weighted by Crippen LogP contribution is 2.33. The molecule has 2 aromatic carbocycles. The highest BCUT2D eigenvalue weighted by Gasteiger charge is 2.33. The van der Waals surface area contributed by atoms with Gasteiger partial charge in [0, 0.05) is 37.2 Å². The third-order valence-corrected chi connectivity index (χ3v) is 6.02. The van der Waals surface area contributed by atoms with Crippen LogP contribution in [-0.4, -0.2) is 45.9 Å². The quantitative estimate of drug-likeness (QED) is 0.588. The van der Waals surface area contributed by atoms with Gasteiger partial charge in [-0.05, 0) is 54.8 Å². The third kappa shape index (κ3) is 4.92. The van der Waals surface area contributed by atoms with Crippen molar-refractivity contribution in [1.82, 2.24) is 14.4 Å². The van der Waals surface area contributed by atoms with Crippen molar-refractivity contribution in [2.24, 2.45) is 0 Å². The SMILES string of the molecule is CCCN(CC(=O)N1CCn2cccc2[C@H]1c1cccc(F)c1)C(=O)Nc1ccccc1C. The average Bonchev–Trinajstić information content (AvgIpc) is 3.28. The van der Waals surface area contributed by atoms with Crippen molar-refractivity contribution in [2.45, 2.75) is 32.9 Å². The van der Waals surface area contributed by atoms with E-state index in [4.69, 9.17) is 0 Å². The predicted molar refractivity (Wildman–Crippen MR) is 126 cm³/mol. The second-order valence-electron chi connectivity index (χ2n) is 8.34. The molecule has 1 aliphatic rings. The second-order valence-corrected chi connectivity index (χ2v) is 8.34. The zero-order chi connectivity index (χ0) is 23.4. The van der Waals surface area contributed by atoms with E-state index in [0.717, 1.165) is 28.9 Å². The second kappa shape index (κ2) is 9.90. The molecule has 1 aromatic heterocycles. The normalized spacial score (nSPS) is 15.1. The number of urea groups is 1. The number of hydrogen-bond donors (Lipinski definition) is 1. The Hall–Kier alpha value is -3.61. The van der Waals surface area contributed by atoms with Gasteiger partial charge in [-0.1, -0.05) is 37.3 Å². The molecule has 4 rings (SSSR count). The van der Waals surface area contributed by atoms with Crippen LogP contribution in [0.25, 0.3) is 0 Å². The number of anilines is 1. The Morgan fingerprint density at radius 1 is 1.09 bits per heavy atom. The Morgan fingerprint density at radius 3 is 2.67 bits per heavy atom. The lowest BCUT2D eigenvalue weighted by Gasteiger charge is -2.38. The summed E-state index contributed by atoms with van der Waals surface area (Å²) in [6.45, 7) is 5.46. The van der Waals surface area contributed by atoms with Crippen LogP contribution in [0, 0.1) is 12.7 Å². The summed E-state index contributed by atoms with van der Waals surface area (Å²) in [7, 11) is 0. The molecule has 7 heteroatoms. The first-order valence-corrected chi connectivity index (χ1v) is 11.3. The summed E-state index contributed by atoms with van der Waals surface area (Å²) in [5.74, 6) is -0.501. The number of para-hydroxylation sites is 1. The lowest BCUT2D eigenvalue weighted by atomic mass is 9.99. The van der Waals surface area contributed by atoms with E-state index < -0.39 is 6.04 Å². The monoisotopic (exact) mass is 448 g/mol. The van der Waals surface area contributed by atoms with Crippen molar-refractivity contribution in [2.75, 3.05) is 25.0 Å². The number of aromatic nitrogens is 1. The average molecular weight is 449 g/mol. The molecule has 0 bridgehead atoms. The van der Waals surface area contributed by atoms with Gasteiger partial charge in [-0.2, -0.15) is 0 Å². The summed E-state index contributed by atoms with van der Waals surface area (Å²) in [5, 5.41) is 2.93. The molecule has 3 amide bonds. The Bertz CT molecular complexity index is 1140. The summed E-state index contributed by atoms with van der Waals surface area (Å²) in [6, 6.07) is 17.1. The van der Waals surface area contributed by atoms with Crippen LogP contribution < -0.4 is 5.32 Å². The number of fused-ring (bicyclic) bond motifs is 1. The van der Waals surface area contributed by atoms with Crippen molar-refractivity contribution in [3.8, 4) is 0 Å². The molecule has 0 unspecified atom stereocenters. The molecule has 0 aliphatic carbocycles. The molecule has 0 fully saturated rings. The van der Waals surface area contributed by atoms with Crippen molar-refractivity contribution in [3.05, 3.63) is 89.5 Å². The highest BCUT2D eigenvalue weighted by molar-refractivity contribution is 5.93. The molecule has 1 atom stereocenters. The van der Waals surface area contributed by atoms with Crippen molar-refractivity contribution in [1.29, 1.82) is 0 Å². The van der Waals surface area contributed by atoms with E-state index in [0.29, 0.717) is 19.6 Å². The first-order valence-electron chi connectivity index (χ1n) is 11.3. The van der Waals surface area contributed by atoms with Crippen molar-refractivity contribution in [3.63, 3.8) is 0 Å². The van der Waals surface area contributed by atoms with Crippen molar-refractivity contribution >= 4 is 17.6 Å². The number of aryl methyl sites for hydroxylation is 1. The van der Waals surface area contributed by atoms with Gasteiger partial charge >= 0.3 is 6.03 Å². The van der Waals surface area contributed by atoms with Crippen LogP contribution in [0.3, 0.4) is 0 Å². The Labute approximate surface area is 193 Å². The number of hydrogen-bond acceptors (Lipinski definition) is 2. The summed E-state index contributed by atoms with van der Waals surface area (Å²) >= 11 is 0. The fraction of sp³-hybridized carbons (Fsp3) is 0.308. The van der Waals surface area contributed by atoms with Crippen LogP contribution in [0.1, 0.15) is 36.2 Å². The Kier molecular flexibility index (Phi) is 6.77. The number of carbonyl (C=O) groups is 2. The lowest BCUT2D eigenvalue weighted by Crippen LogP contribution is -2.49. The molecule has 0 saturated heterocycles. The summed E-state index contributed by atoms with van der Waals surface area (Å²) in [5.41, 5.74) is 3.34. The molecule has 33 heavy (non-hydrogen) atoms. The van der Waals surface area contributed by atoms with Gasteiger partial charge in [-0.3, -0.25) is 4.79 Å². The number of nitrogens with zero attached hydrogens (tertiary/aromatic N) is 3. The fourth-order valence-corrected chi connectivity index (χ4v) is 4.36. The Balaban J connectivity index is 1.57. The molecule has 172 valence electrons. The van der Waals surface area contributed by atoms with Gasteiger partial charge < -0.3 is 19.7 Å². The van der Waals surface area contributed by atoms with Gasteiger partial charge in [0.05, 0.1) is 6.04 Å². The van der Waals surface area contributed by atoms with Gasteiger partial charge in [-0.15, -0.1) is 0 Å². The first kappa shape index (κ1) is 22.6. The maximum Gasteiger partial charge on any atom is 0.322 e. The molecular formula is C26H29FN4O2. The zero-order valence-electron chi connectivity index (χ0n) is 19.0. The summed E-state index contributed by atoms with van der Waals surface area (Å²) in [6.07, 6.45) is 2.70. The van der Waals surface area contributed by atoms with E-state index in [9.17, 15) is 14.0 Å². The van der Waals surface area contributed by atoms with Crippen LogP contribution in [0.15, 0.2) is 66.9 Å². The van der Waals surface area contributed by atoms with E-state index in [1.807, 2.05) is 62.5 Å². The van der Waals surface area contributed by atoms with Crippen LogP contribution in [0.4, 0.5) is 14.9 Å². The molecule has 1 N–H and O–H groups in total. The number of carbonyl (C=O) groups excluding carboxylic acids is 2. The molecule has 6 nitrogen and oxygen atoms in total. The summed E-state index contributed by atoms with van der Waals surface area (Å²) in [4.78, 5) is 29.8. The summed E-state index contributed by atoms with van der Waals surface area (Å²) < 4.78 is 16.1. The van der Waals surface area contributed by atoms with Gasteiger partial charge in [0.25, 0.3) is 0 Å². The van der Waals surface area contributed by atoms with E-state index in [1.54, 1.807) is 15.9 Å². The fourth-order valence-electron chi connectivity index (χ4n) is 4.36. The minimum atomic E-state index is -0.403. The molecule has 2 heterocycles. The maximum absolute atomic E-state index is 14.0. The van der Waals surface area contributed by atoms with Gasteiger partial charge in [0.2, 0.25) is 5.91 Å². The maximum atomic E-state index is 14.0. The van der Waals surface area contributed by atoms with E-state index in [-0.39, 0.29) is 24.3 Å². The van der Waals surface area contributed by atoms with Gasteiger partial charge in [0.15, 0.2) is 0 Å². The molecule has 0 radical (unpaired) electrons. The number of rotatable bonds is 6. The molecule has 3 aromatic rings. The molecule has 1 aliphatic heterocycles. The van der Waals surface area contributed by atoms with Crippen molar-refractivity contribution < 1.29 is 14.0 Å². The van der Waals surface area contributed by atoms with Gasteiger partial charge in [-0.25, -0.2) is 9.18 Å². The van der Waals surface area contributed by atoms with E-state index in [2.05, 4.69) is 9.88 Å². The van der Waals surface area contributed by atoms with Crippen LogP contribution in [-0.2, 0) is 11.3 Å². The number of benzene rings is 2. The van der Waals surface area contributed by atoms with Gasteiger partial charge in [0.1, 0.15) is 12.4 Å². The lowest BCUT2D eigenvalue weighted by molar-refractivity contribution is -0.134. The minimum absolute atomic E-state index is 0.0436. The molecule has 0 spiro atoms. The van der Waals surface area contributed by atoms with Crippen LogP contribution >= 0.6 is 0 Å². The zero-order valence-corrected chi connectivity index (χ0v) is 19.0. The molecule has 0 saturated carbocycles. The first-order chi connectivity index (χ1) is 16.0. The highest BCUT2D eigenvalue weighted by atomic mass is 19.1. The smallest absolute Gasteiger partial charge is 0.322 e. The standard InChI is InChI=1S/C26H29FN4O2/c1-3-13-30(26(33)28-22-11-5-4-8-19(22)2)18-24(32)31-16-15-29-14-7-12-23(29)25(31)20-9-6-10-21(27)17-20/h4-12,14,17,25H,3,13,15-16,18H2,1-2H3,(H,28,33)/t25-/m1/s1. The van der Waals surface area contributed by atoms with Crippen LogP contribution in [0.5, 0.6) is 0 Å².